The molecule has 1 amide bonds. The second-order valence-corrected chi connectivity index (χ2v) is 9.92. The number of aromatic nitrogens is 2. The summed E-state index contributed by atoms with van der Waals surface area (Å²) in [4.78, 5) is 25.6. The van der Waals surface area contributed by atoms with Crippen LogP contribution in [0, 0.1) is 13.8 Å². The molecule has 2 aliphatic rings. The predicted octanol–water partition coefficient (Wildman–Crippen LogP) is 3.52. The van der Waals surface area contributed by atoms with Gasteiger partial charge in [0.25, 0.3) is 0 Å². The van der Waals surface area contributed by atoms with Crippen molar-refractivity contribution >= 4 is 17.7 Å². The van der Waals surface area contributed by atoms with E-state index < -0.39 is 11.7 Å². The monoisotopic (exact) mass is 439 g/mol. The second kappa shape index (κ2) is 8.67. The first kappa shape index (κ1) is 22.5. The summed E-state index contributed by atoms with van der Waals surface area (Å²) in [6, 6.07) is 6.10. The summed E-state index contributed by atoms with van der Waals surface area (Å²) in [6.45, 7) is 11.9. The molecular formula is C24H33N5O3. The number of nitrogens with zero attached hydrogens (tertiary/aromatic N) is 4. The molecule has 2 atom stereocenters. The molecule has 0 aliphatic carbocycles. The fraction of sp³-hybridized carbons (Fsp3) is 0.542. The van der Waals surface area contributed by atoms with Crippen molar-refractivity contribution in [3.63, 3.8) is 0 Å². The van der Waals surface area contributed by atoms with Crippen LogP contribution < -0.4 is 5.32 Å². The standard InChI is InChI=1S/C24H33N5O3/c1-15-8-16(2)10-18(9-15)26-22-25-11-17-12-29(13-19(17)27-22)20-14-28(7-6-21(20)30)23(31)32-24(3,4)5/h8-11,20-21,30H,6-7,12-14H2,1-5H3,(H,25,26,27). The normalized spacial score (nSPS) is 21.4. The number of hydrogen-bond donors (Lipinski definition) is 2. The van der Waals surface area contributed by atoms with Gasteiger partial charge in [-0.15, -0.1) is 0 Å². The summed E-state index contributed by atoms with van der Waals surface area (Å²) in [6.07, 6.45) is 1.56. The molecule has 3 heterocycles. The average Bonchev–Trinajstić information content (AvgIpc) is 3.09. The van der Waals surface area contributed by atoms with E-state index >= 15 is 0 Å². The number of fused-ring (bicyclic) bond motifs is 1. The van der Waals surface area contributed by atoms with Gasteiger partial charge < -0.3 is 20.1 Å². The number of ether oxygens (including phenoxy) is 1. The molecule has 1 aromatic heterocycles. The van der Waals surface area contributed by atoms with Crippen LogP contribution in [0.25, 0.3) is 0 Å². The van der Waals surface area contributed by atoms with Crippen molar-refractivity contribution in [3.8, 4) is 0 Å². The summed E-state index contributed by atoms with van der Waals surface area (Å²) < 4.78 is 5.53. The van der Waals surface area contributed by atoms with Crippen molar-refractivity contribution in [2.75, 3.05) is 18.4 Å². The number of carbonyl (C=O) groups excluding carboxylic acids is 1. The minimum absolute atomic E-state index is 0.165. The summed E-state index contributed by atoms with van der Waals surface area (Å²) in [5.41, 5.74) is 4.79. The lowest BCUT2D eigenvalue weighted by molar-refractivity contribution is -0.0288. The highest BCUT2D eigenvalue weighted by Gasteiger charge is 2.38. The first-order chi connectivity index (χ1) is 15.1. The number of benzene rings is 1. The van der Waals surface area contributed by atoms with Crippen molar-refractivity contribution in [2.45, 2.75) is 71.9 Å². The molecule has 4 rings (SSSR count). The lowest BCUT2D eigenvalue weighted by atomic mass is 10.0. The van der Waals surface area contributed by atoms with Crippen molar-refractivity contribution in [1.82, 2.24) is 19.8 Å². The SMILES string of the molecule is Cc1cc(C)cc(Nc2ncc3c(n2)CN(C2CN(C(=O)OC(C)(C)C)CCC2O)C3)c1. The van der Waals surface area contributed by atoms with Gasteiger partial charge in [-0.1, -0.05) is 6.07 Å². The number of rotatable bonds is 3. The zero-order chi connectivity index (χ0) is 23.0. The minimum Gasteiger partial charge on any atom is -0.444 e. The molecule has 32 heavy (non-hydrogen) atoms. The van der Waals surface area contributed by atoms with Crippen molar-refractivity contribution in [3.05, 3.63) is 46.8 Å². The highest BCUT2D eigenvalue weighted by molar-refractivity contribution is 5.68. The first-order valence-electron chi connectivity index (χ1n) is 11.2. The Morgan fingerprint density at radius 3 is 2.59 bits per heavy atom. The number of piperidine rings is 1. The fourth-order valence-corrected chi connectivity index (χ4v) is 4.42. The summed E-state index contributed by atoms with van der Waals surface area (Å²) in [5.74, 6) is 0.565. The summed E-state index contributed by atoms with van der Waals surface area (Å²) in [7, 11) is 0. The topological polar surface area (TPSA) is 90.8 Å². The number of hydrogen-bond acceptors (Lipinski definition) is 7. The van der Waals surface area contributed by atoms with Gasteiger partial charge in [0.15, 0.2) is 0 Å². The molecule has 1 fully saturated rings. The number of nitrogens with one attached hydrogen (secondary N) is 1. The molecule has 2 unspecified atom stereocenters. The third-order valence-corrected chi connectivity index (χ3v) is 5.83. The van der Waals surface area contributed by atoms with Crippen LogP contribution in [0.1, 0.15) is 49.6 Å². The van der Waals surface area contributed by atoms with Crippen LogP contribution in [0.3, 0.4) is 0 Å². The van der Waals surface area contributed by atoms with Crippen molar-refractivity contribution in [2.24, 2.45) is 0 Å². The Hall–Kier alpha value is -2.71. The third-order valence-electron chi connectivity index (χ3n) is 5.83. The molecule has 8 nitrogen and oxygen atoms in total. The van der Waals surface area contributed by atoms with Crippen LogP contribution in [-0.4, -0.2) is 61.8 Å². The Balaban J connectivity index is 1.44. The molecule has 0 saturated carbocycles. The molecule has 2 aliphatic heterocycles. The van der Waals surface area contributed by atoms with Gasteiger partial charge in [0.1, 0.15) is 5.60 Å². The van der Waals surface area contributed by atoms with Crippen LogP contribution >= 0.6 is 0 Å². The van der Waals surface area contributed by atoms with E-state index in [4.69, 9.17) is 9.72 Å². The molecule has 172 valence electrons. The van der Waals surface area contributed by atoms with Crippen LogP contribution in [-0.2, 0) is 17.8 Å². The van der Waals surface area contributed by atoms with E-state index in [1.807, 2.05) is 27.0 Å². The lowest BCUT2D eigenvalue weighted by Crippen LogP contribution is -2.55. The fourth-order valence-electron chi connectivity index (χ4n) is 4.42. The zero-order valence-corrected chi connectivity index (χ0v) is 19.6. The number of amides is 1. The van der Waals surface area contributed by atoms with Gasteiger partial charge in [-0.2, -0.15) is 0 Å². The molecule has 0 radical (unpaired) electrons. The highest BCUT2D eigenvalue weighted by Crippen LogP contribution is 2.28. The summed E-state index contributed by atoms with van der Waals surface area (Å²) in [5, 5.41) is 14.0. The lowest BCUT2D eigenvalue weighted by Gasteiger charge is -2.40. The molecule has 1 saturated heterocycles. The molecule has 1 aromatic carbocycles. The number of aryl methyl sites for hydroxylation is 2. The van der Waals surface area contributed by atoms with Crippen LogP contribution in [0.2, 0.25) is 0 Å². The first-order valence-corrected chi connectivity index (χ1v) is 11.2. The van der Waals surface area contributed by atoms with Gasteiger partial charge in [-0.25, -0.2) is 14.8 Å². The van der Waals surface area contributed by atoms with Gasteiger partial charge in [0, 0.05) is 43.6 Å². The summed E-state index contributed by atoms with van der Waals surface area (Å²) >= 11 is 0. The van der Waals surface area contributed by atoms with E-state index in [0.717, 1.165) is 16.9 Å². The van der Waals surface area contributed by atoms with Crippen molar-refractivity contribution < 1.29 is 14.6 Å². The molecule has 0 bridgehead atoms. The van der Waals surface area contributed by atoms with E-state index in [1.54, 1.807) is 4.90 Å². The Morgan fingerprint density at radius 2 is 1.91 bits per heavy atom. The average molecular weight is 440 g/mol. The largest absolute Gasteiger partial charge is 0.444 e. The molecule has 2 N–H and O–H groups in total. The van der Waals surface area contributed by atoms with Gasteiger partial charge in [0.2, 0.25) is 5.95 Å². The van der Waals surface area contributed by atoms with Gasteiger partial charge in [-0.05, 0) is 64.3 Å². The third kappa shape index (κ3) is 5.19. The van der Waals surface area contributed by atoms with Crippen LogP contribution in [0.15, 0.2) is 24.4 Å². The van der Waals surface area contributed by atoms with E-state index in [-0.39, 0.29) is 12.1 Å². The molecule has 2 aromatic rings. The number of aliphatic hydroxyl groups is 1. The molecule has 0 spiro atoms. The Labute approximate surface area is 189 Å². The predicted molar refractivity (Wildman–Crippen MR) is 123 cm³/mol. The Morgan fingerprint density at radius 1 is 1.19 bits per heavy atom. The van der Waals surface area contributed by atoms with Crippen molar-refractivity contribution in [1.29, 1.82) is 0 Å². The van der Waals surface area contributed by atoms with Gasteiger partial charge in [0.05, 0.1) is 17.8 Å². The number of carbonyl (C=O) groups is 1. The van der Waals surface area contributed by atoms with E-state index in [2.05, 4.69) is 47.2 Å². The smallest absolute Gasteiger partial charge is 0.410 e. The highest BCUT2D eigenvalue weighted by atomic mass is 16.6. The maximum Gasteiger partial charge on any atom is 0.410 e. The van der Waals surface area contributed by atoms with Crippen LogP contribution in [0.5, 0.6) is 0 Å². The molecular weight excluding hydrogens is 406 g/mol. The van der Waals surface area contributed by atoms with Gasteiger partial charge >= 0.3 is 6.09 Å². The van der Waals surface area contributed by atoms with Crippen LogP contribution in [0.4, 0.5) is 16.4 Å². The number of aliphatic hydroxyl groups excluding tert-OH is 1. The van der Waals surface area contributed by atoms with E-state index in [0.29, 0.717) is 38.5 Å². The van der Waals surface area contributed by atoms with E-state index in [9.17, 15) is 9.90 Å². The number of likely N-dealkylation sites (tertiary alicyclic amines) is 1. The maximum atomic E-state index is 12.5. The second-order valence-electron chi connectivity index (χ2n) is 9.92. The maximum absolute atomic E-state index is 12.5. The number of anilines is 2. The Kier molecular flexibility index (Phi) is 6.09. The minimum atomic E-state index is -0.540. The Bertz CT molecular complexity index is 983. The quantitative estimate of drug-likeness (QED) is 0.756. The van der Waals surface area contributed by atoms with E-state index in [1.165, 1.54) is 11.1 Å². The zero-order valence-electron chi connectivity index (χ0n) is 19.6. The van der Waals surface area contributed by atoms with Gasteiger partial charge in [-0.3, -0.25) is 4.90 Å². The molecule has 8 heteroatoms.